The van der Waals surface area contributed by atoms with Gasteiger partial charge in [0.2, 0.25) is 0 Å². The van der Waals surface area contributed by atoms with Gasteiger partial charge in [-0.05, 0) is 72.5 Å². The molecule has 4 heteroatoms. The van der Waals surface area contributed by atoms with E-state index in [1.807, 2.05) is 48.8 Å². The van der Waals surface area contributed by atoms with Crippen LogP contribution in [0.5, 0.6) is 0 Å². The molecule has 3 aromatic heterocycles. The van der Waals surface area contributed by atoms with Crippen LogP contribution in [-0.2, 0) is 56.6 Å². The van der Waals surface area contributed by atoms with Crippen LogP contribution in [0, 0.1) is 18.2 Å². The number of rotatable bonds is 11. The minimum atomic E-state index is -0.216. The summed E-state index contributed by atoms with van der Waals surface area (Å²) in [5, 5.41) is 0. The molecule has 0 saturated carbocycles. The van der Waals surface area contributed by atoms with Crippen LogP contribution in [0.4, 0.5) is 0 Å². The maximum Gasteiger partial charge on any atom is 3.00 e. The van der Waals surface area contributed by atoms with Crippen LogP contribution in [0.3, 0.4) is 0 Å². The van der Waals surface area contributed by atoms with Gasteiger partial charge in [0.25, 0.3) is 0 Å². The Morgan fingerprint density at radius 3 is 1.62 bits per heavy atom. The first-order chi connectivity index (χ1) is 21.5. The molecule has 0 fully saturated rings. The van der Waals surface area contributed by atoms with E-state index in [1.54, 1.807) is 0 Å². The smallest absolute Gasteiger partial charge is 0.301 e. The number of pyridine rings is 3. The Balaban J connectivity index is 0.00000400. The van der Waals surface area contributed by atoms with E-state index in [4.69, 9.17) is 4.98 Å². The first-order valence-corrected chi connectivity index (χ1v) is 15.2. The molecule has 0 aliphatic rings. The molecule has 0 aliphatic carbocycles. The maximum atomic E-state index is 5.18. The summed E-state index contributed by atoms with van der Waals surface area (Å²) in [7, 11) is 0. The van der Waals surface area contributed by atoms with Gasteiger partial charge >= 0.3 is 20.1 Å². The van der Waals surface area contributed by atoms with Crippen molar-refractivity contribution in [3.05, 3.63) is 186 Å². The normalized spacial score (nSPS) is 13.6. The fraction of sp³-hybridized carbons (Fsp3) is 0.195. The van der Waals surface area contributed by atoms with Gasteiger partial charge in [0, 0.05) is 29.5 Å². The summed E-state index contributed by atoms with van der Waals surface area (Å²) in [6.45, 7) is 4.59. The van der Waals surface area contributed by atoms with E-state index >= 15 is 0 Å². The second kappa shape index (κ2) is 14.7. The van der Waals surface area contributed by atoms with Crippen molar-refractivity contribution in [2.24, 2.45) is 0 Å². The van der Waals surface area contributed by atoms with Crippen molar-refractivity contribution in [3.63, 3.8) is 0 Å². The second-order valence-corrected chi connectivity index (χ2v) is 12.1. The minimum Gasteiger partial charge on any atom is -0.301 e. The molecule has 3 aromatic carbocycles. The molecule has 0 radical (unpaired) electrons. The van der Waals surface area contributed by atoms with Gasteiger partial charge in [-0.15, -0.1) is 35.4 Å². The third-order valence-electron chi connectivity index (χ3n) is 8.40. The summed E-state index contributed by atoms with van der Waals surface area (Å²) in [6.07, 6.45) is 6.92. The van der Waals surface area contributed by atoms with Gasteiger partial charge in [-0.1, -0.05) is 38.1 Å². The molecule has 0 N–H and O–H groups in total. The Morgan fingerprint density at radius 2 is 1.07 bits per heavy atom. The SMILES string of the molecule is CC(Cc1[c-]c(-c2cccc(CC(C)(Cc3ccccn3)c3[c-]cccc3)n2)ccc1)(Cc1ccccn1)c1[c-]cccc1.[Ir+3]. The van der Waals surface area contributed by atoms with Crippen molar-refractivity contribution >= 4 is 0 Å². The topological polar surface area (TPSA) is 38.7 Å². The van der Waals surface area contributed by atoms with E-state index in [1.165, 1.54) is 5.56 Å². The van der Waals surface area contributed by atoms with Crippen molar-refractivity contribution in [2.75, 3.05) is 0 Å². The van der Waals surface area contributed by atoms with Crippen LogP contribution >= 0.6 is 0 Å². The summed E-state index contributed by atoms with van der Waals surface area (Å²) >= 11 is 0. The predicted molar refractivity (Wildman–Crippen MR) is 177 cm³/mol. The van der Waals surface area contributed by atoms with E-state index in [0.717, 1.165) is 65.1 Å². The summed E-state index contributed by atoms with van der Waals surface area (Å²) in [5.74, 6) is 0. The molecular formula is C41H36IrN3. The monoisotopic (exact) mass is 763 g/mol. The molecule has 3 heterocycles. The van der Waals surface area contributed by atoms with E-state index in [0.29, 0.717) is 0 Å². The number of benzene rings is 3. The van der Waals surface area contributed by atoms with Crippen LogP contribution in [0.1, 0.15) is 47.6 Å². The van der Waals surface area contributed by atoms with E-state index in [2.05, 4.69) is 127 Å². The Hall–Kier alpha value is -4.24. The quantitative estimate of drug-likeness (QED) is 0.125. The molecule has 0 aliphatic heterocycles. The summed E-state index contributed by atoms with van der Waals surface area (Å²) < 4.78 is 0. The van der Waals surface area contributed by atoms with Crippen LogP contribution < -0.4 is 0 Å². The Morgan fingerprint density at radius 1 is 0.533 bits per heavy atom. The molecule has 0 saturated heterocycles. The molecule has 6 rings (SSSR count). The molecule has 2 unspecified atom stereocenters. The van der Waals surface area contributed by atoms with Gasteiger partial charge in [-0.25, -0.2) is 0 Å². The van der Waals surface area contributed by atoms with Crippen molar-refractivity contribution in [3.8, 4) is 11.3 Å². The summed E-state index contributed by atoms with van der Waals surface area (Å²) in [6, 6.07) is 52.2. The van der Waals surface area contributed by atoms with Gasteiger partial charge in [0.05, 0.1) is 0 Å². The zero-order valence-electron chi connectivity index (χ0n) is 25.7. The van der Waals surface area contributed by atoms with Crippen LogP contribution in [0.15, 0.2) is 134 Å². The number of nitrogens with zero attached hydrogens (tertiary/aromatic N) is 3. The Bertz CT molecular complexity index is 1640. The van der Waals surface area contributed by atoms with Crippen molar-refractivity contribution in [1.82, 2.24) is 15.0 Å². The van der Waals surface area contributed by atoms with Gasteiger partial charge in [0.15, 0.2) is 0 Å². The van der Waals surface area contributed by atoms with E-state index < -0.39 is 0 Å². The number of hydrogen-bond acceptors (Lipinski definition) is 3. The largest absolute Gasteiger partial charge is 3.00 e. The summed E-state index contributed by atoms with van der Waals surface area (Å²) in [4.78, 5) is 14.5. The van der Waals surface area contributed by atoms with Crippen molar-refractivity contribution in [1.29, 1.82) is 0 Å². The van der Waals surface area contributed by atoms with E-state index in [-0.39, 0.29) is 30.9 Å². The zero-order chi connectivity index (χ0) is 30.2. The summed E-state index contributed by atoms with van der Waals surface area (Å²) in [5.41, 5.74) is 8.17. The average Bonchev–Trinajstić information content (AvgIpc) is 3.07. The van der Waals surface area contributed by atoms with Crippen molar-refractivity contribution < 1.29 is 20.1 Å². The molecule has 45 heavy (non-hydrogen) atoms. The molecule has 6 aromatic rings. The number of hydrogen-bond donors (Lipinski definition) is 0. The molecule has 2 atom stereocenters. The van der Waals surface area contributed by atoms with Gasteiger partial charge < -0.3 is 4.98 Å². The standard InChI is InChI=1S/C41H36N3.Ir/c1-40(34-17-5-3-6-18-34,29-36-21-9-11-25-42-36)28-32-15-13-16-33(27-32)39-24-14-23-38(44-39)31-41(2,35-19-7-4-8-20-35)30-37-22-10-12-26-43-37;/h3-17,19,21-26H,28-31H2,1-2H3;/q-3;+3. The van der Waals surface area contributed by atoms with Gasteiger partial charge in [-0.3, -0.25) is 9.97 Å². The van der Waals surface area contributed by atoms with Crippen LogP contribution in [0.25, 0.3) is 11.3 Å². The Labute approximate surface area is 281 Å². The fourth-order valence-corrected chi connectivity index (χ4v) is 6.17. The second-order valence-electron chi connectivity index (χ2n) is 12.1. The molecule has 3 nitrogen and oxygen atoms in total. The van der Waals surface area contributed by atoms with Crippen LogP contribution in [0.2, 0.25) is 0 Å². The molecule has 0 spiro atoms. The fourth-order valence-electron chi connectivity index (χ4n) is 6.17. The average molecular weight is 763 g/mol. The van der Waals surface area contributed by atoms with Crippen LogP contribution in [-0.4, -0.2) is 15.0 Å². The van der Waals surface area contributed by atoms with E-state index in [9.17, 15) is 0 Å². The maximum absolute atomic E-state index is 5.18. The molecular weight excluding hydrogens is 727 g/mol. The molecule has 0 amide bonds. The predicted octanol–water partition coefficient (Wildman–Crippen LogP) is 8.42. The van der Waals surface area contributed by atoms with Gasteiger partial charge in [0.1, 0.15) is 0 Å². The third-order valence-corrected chi connectivity index (χ3v) is 8.40. The Kier molecular flexibility index (Phi) is 10.5. The number of aromatic nitrogens is 3. The van der Waals surface area contributed by atoms with Gasteiger partial charge in [-0.2, -0.15) is 71.8 Å². The first-order valence-electron chi connectivity index (χ1n) is 15.2. The third kappa shape index (κ3) is 8.08. The molecule has 0 bridgehead atoms. The van der Waals surface area contributed by atoms with Crippen molar-refractivity contribution in [2.45, 2.75) is 50.4 Å². The zero-order valence-corrected chi connectivity index (χ0v) is 28.1. The minimum absolute atomic E-state index is 0. The first kappa shape index (κ1) is 32.2. The molecule has 224 valence electrons.